The van der Waals surface area contributed by atoms with Crippen molar-refractivity contribution in [3.05, 3.63) is 52.3 Å². The maximum atomic E-state index is 12.2. The molecule has 0 aliphatic carbocycles. The van der Waals surface area contributed by atoms with Gasteiger partial charge < -0.3 is 10.1 Å². The molecule has 1 aliphatic heterocycles. The summed E-state index contributed by atoms with van der Waals surface area (Å²) in [5.74, 6) is 1.33. The highest BCUT2D eigenvalue weighted by Gasteiger charge is 2.32. The average Bonchev–Trinajstić information content (AvgIpc) is 3.05. The third-order valence-corrected chi connectivity index (χ3v) is 4.23. The van der Waals surface area contributed by atoms with E-state index in [1.807, 2.05) is 26.0 Å². The van der Waals surface area contributed by atoms with E-state index in [9.17, 15) is 4.79 Å². The number of fused-ring (bicyclic) bond motifs is 1. The second kappa shape index (κ2) is 6.21. The number of ether oxygens (including phenoxy) is 1. The highest BCUT2D eigenvalue weighted by atomic mass is 16.5. The Morgan fingerprint density at radius 1 is 1.20 bits per heavy atom. The van der Waals surface area contributed by atoms with Crippen molar-refractivity contribution in [2.75, 3.05) is 18.5 Å². The minimum atomic E-state index is -0.200. The Hall–Kier alpha value is -2.87. The van der Waals surface area contributed by atoms with Gasteiger partial charge in [-0.15, -0.1) is 0 Å². The standard InChI is InChI=1S/C17H18N6O2/c1-10-5-6-15(24)23(22-10)14-9-25-8-13(14)21-17-12-4-3-7-18-16(12)19-11(2)20-17/h3-7,13-14H,8-9H2,1-2H3,(H,18,19,20,21). The van der Waals surface area contributed by atoms with Crippen molar-refractivity contribution in [1.29, 1.82) is 0 Å². The second-order valence-electron chi connectivity index (χ2n) is 6.11. The van der Waals surface area contributed by atoms with Gasteiger partial charge in [0.15, 0.2) is 5.65 Å². The van der Waals surface area contributed by atoms with Gasteiger partial charge in [-0.25, -0.2) is 19.6 Å². The molecule has 0 saturated carbocycles. The quantitative estimate of drug-likeness (QED) is 0.768. The molecule has 1 fully saturated rings. The summed E-state index contributed by atoms with van der Waals surface area (Å²) in [6.07, 6.45) is 1.70. The predicted octanol–water partition coefficient (Wildman–Crippen LogP) is 1.25. The predicted molar refractivity (Wildman–Crippen MR) is 92.6 cm³/mol. The van der Waals surface area contributed by atoms with Crippen LogP contribution in [0.4, 0.5) is 5.82 Å². The molecule has 1 aliphatic rings. The molecule has 0 radical (unpaired) electrons. The number of hydrogen-bond donors (Lipinski definition) is 1. The van der Waals surface area contributed by atoms with Crippen LogP contribution in [0, 0.1) is 13.8 Å². The Balaban J connectivity index is 1.71. The summed E-state index contributed by atoms with van der Waals surface area (Å²) in [6, 6.07) is 6.70. The SMILES string of the molecule is Cc1ccc(=O)n(C2COCC2Nc2nc(C)nc3ncccc23)n1. The number of hydrogen-bond acceptors (Lipinski definition) is 7. The monoisotopic (exact) mass is 338 g/mol. The summed E-state index contributed by atoms with van der Waals surface area (Å²) in [4.78, 5) is 25.4. The number of anilines is 1. The molecule has 0 amide bonds. The van der Waals surface area contributed by atoms with Crippen LogP contribution in [0.3, 0.4) is 0 Å². The maximum absolute atomic E-state index is 12.2. The van der Waals surface area contributed by atoms with Gasteiger partial charge in [-0.1, -0.05) is 0 Å². The van der Waals surface area contributed by atoms with E-state index >= 15 is 0 Å². The third kappa shape index (κ3) is 2.96. The van der Waals surface area contributed by atoms with E-state index in [2.05, 4.69) is 25.4 Å². The van der Waals surface area contributed by atoms with Crippen LogP contribution < -0.4 is 10.9 Å². The topological polar surface area (TPSA) is 94.8 Å². The van der Waals surface area contributed by atoms with E-state index in [4.69, 9.17) is 4.74 Å². The summed E-state index contributed by atoms with van der Waals surface area (Å²) < 4.78 is 7.11. The lowest BCUT2D eigenvalue weighted by Crippen LogP contribution is -2.37. The molecule has 0 spiro atoms. The molecule has 25 heavy (non-hydrogen) atoms. The number of nitrogens with one attached hydrogen (secondary N) is 1. The summed E-state index contributed by atoms with van der Waals surface area (Å²) in [6.45, 7) is 4.58. The van der Waals surface area contributed by atoms with Crippen LogP contribution in [0.2, 0.25) is 0 Å². The van der Waals surface area contributed by atoms with E-state index in [1.54, 1.807) is 12.3 Å². The molecule has 3 aromatic rings. The molecule has 3 aromatic heterocycles. The van der Waals surface area contributed by atoms with E-state index in [0.29, 0.717) is 30.5 Å². The number of aromatic nitrogens is 5. The van der Waals surface area contributed by atoms with Gasteiger partial charge in [-0.05, 0) is 32.0 Å². The minimum absolute atomic E-state index is 0.121. The van der Waals surface area contributed by atoms with E-state index in [1.165, 1.54) is 10.7 Å². The number of aryl methyl sites for hydroxylation is 2. The van der Waals surface area contributed by atoms with Gasteiger partial charge in [-0.3, -0.25) is 4.79 Å². The Morgan fingerprint density at radius 2 is 2.08 bits per heavy atom. The van der Waals surface area contributed by atoms with Crippen LogP contribution >= 0.6 is 0 Å². The second-order valence-corrected chi connectivity index (χ2v) is 6.11. The van der Waals surface area contributed by atoms with Crippen LogP contribution in [0.1, 0.15) is 17.6 Å². The summed E-state index contributed by atoms with van der Waals surface area (Å²) in [5, 5.41) is 8.61. The van der Waals surface area contributed by atoms with Crippen molar-refractivity contribution in [2.45, 2.75) is 25.9 Å². The van der Waals surface area contributed by atoms with Crippen molar-refractivity contribution in [1.82, 2.24) is 24.7 Å². The first-order valence-electron chi connectivity index (χ1n) is 8.12. The fraction of sp³-hybridized carbons (Fsp3) is 0.353. The molecule has 1 saturated heterocycles. The van der Waals surface area contributed by atoms with Crippen LogP contribution in [-0.2, 0) is 4.74 Å². The zero-order valence-corrected chi connectivity index (χ0v) is 14.0. The Kier molecular flexibility index (Phi) is 3.89. The van der Waals surface area contributed by atoms with Crippen LogP contribution in [-0.4, -0.2) is 44.0 Å². The molecule has 0 bridgehead atoms. The number of rotatable bonds is 3. The van der Waals surface area contributed by atoms with Gasteiger partial charge in [0, 0.05) is 12.3 Å². The van der Waals surface area contributed by atoms with Crippen molar-refractivity contribution >= 4 is 16.9 Å². The molecule has 2 unspecified atom stereocenters. The van der Waals surface area contributed by atoms with Gasteiger partial charge in [0.25, 0.3) is 5.56 Å². The molecule has 8 nitrogen and oxygen atoms in total. The minimum Gasteiger partial charge on any atom is -0.377 e. The fourth-order valence-corrected chi connectivity index (χ4v) is 3.04. The lowest BCUT2D eigenvalue weighted by molar-refractivity contribution is 0.182. The molecule has 4 rings (SSSR count). The molecule has 2 atom stereocenters. The van der Waals surface area contributed by atoms with Gasteiger partial charge in [-0.2, -0.15) is 5.10 Å². The molecule has 0 aromatic carbocycles. The summed E-state index contributed by atoms with van der Waals surface area (Å²) in [7, 11) is 0. The van der Waals surface area contributed by atoms with Gasteiger partial charge in [0.2, 0.25) is 0 Å². The Labute approximate surface area is 143 Å². The molecule has 1 N–H and O–H groups in total. The largest absolute Gasteiger partial charge is 0.377 e. The highest BCUT2D eigenvalue weighted by Crippen LogP contribution is 2.25. The molecule has 4 heterocycles. The Bertz CT molecular complexity index is 986. The van der Waals surface area contributed by atoms with Gasteiger partial charge >= 0.3 is 0 Å². The normalized spacial score (nSPS) is 20.1. The average molecular weight is 338 g/mol. The lowest BCUT2D eigenvalue weighted by Gasteiger charge is -2.21. The molecule has 128 valence electrons. The van der Waals surface area contributed by atoms with E-state index in [-0.39, 0.29) is 17.6 Å². The van der Waals surface area contributed by atoms with Crippen LogP contribution in [0.15, 0.2) is 35.3 Å². The van der Waals surface area contributed by atoms with Gasteiger partial charge in [0.1, 0.15) is 17.7 Å². The third-order valence-electron chi connectivity index (χ3n) is 4.23. The number of pyridine rings is 1. The first-order valence-corrected chi connectivity index (χ1v) is 8.12. The van der Waals surface area contributed by atoms with E-state index in [0.717, 1.165) is 11.1 Å². The lowest BCUT2D eigenvalue weighted by atomic mass is 10.1. The van der Waals surface area contributed by atoms with Crippen molar-refractivity contribution < 1.29 is 4.74 Å². The van der Waals surface area contributed by atoms with Crippen molar-refractivity contribution in [2.24, 2.45) is 0 Å². The Morgan fingerprint density at radius 3 is 2.96 bits per heavy atom. The maximum Gasteiger partial charge on any atom is 0.267 e. The zero-order valence-electron chi connectivity index (χ0n) is 14.0. The summed E-state index contributed by atoms with van der Waals surface area (Å²) >= 11 is 0. The van der Waals surface area contributed by atoms with E-state index < -0.39 is 0 Å². The van der Waals surface area contributed by atoms with Crippen molar-refractivity contribution in [3.63, 3.8) is 0 Å². The number of nitrogens with zero attached hydrogens (tertiary/aromatic N) is 5. The first kappa shape index (κ1) is 15.6. The van der Waals surface area contributed by atoms with Crippen LogP contribution in [0.5, 0.6) is 0 Å². The molecular weight excluding hydrogens is 320 g/mol. The fourth-order valence-electron chi connectivity index (χ4n) is 3.04. The van der Waals surface area contributed by atoms with Crippen LogP contribution in [0.25, 0.3) is 11.0 Å². The zero-order chi connectivity index (χ0) is 17.4. The van der Waals surface area contributed by atoms with Gasteiger partial charge in [0.05, 0.1) is 30.3 Å². The summed E-state index contributed by atoms with van der Waals surface area (Å²) in [5.41, 5.74) is 1.29. The highest BCUT2D eigenvalue weighted by molar-refractivity contribution is 5.86. The first-order chi connectivity index (χ1) is 12.1. The molecule has 8 heteroatoms. The molecular formula is C17H18N6O2. The van der Waals surface area contributed by atoms with Crippen molar-refractivity contribution in [3.8, 4) is 0 Å². The smallest absolute Gasteiger partial charge is 0.267 e.